The van der Waals surface area contributed by atoms with Crippen LogP contribution in [0.1, 0.15) is 16.1 Å². The Morgan fingerprint density at radius 2 is 1.84 bits per heavy atom. The number of hydrogen-bond donors (Lipinski definition) is 1. The number of piperazine rings is 1. The van der Waals surface area contributed by atoms with Gasteiger partial charge in [0.25, 0.3) is 11.5 Å². The van der Waals surface area contributed by atoms with Crippen molar-refractivity contribution in [2.45, 2.75) is 6.67 Å². The number of fused-ring (bicyclic) bond motifs is 1. The summed E-state index contributed by atoms with van der Waals surface area (Å²) in [5.41, 5.74) is 0.556. The van der Waals surface area contributed by atoms with Crippen LogP contribution >= 0.6 is 0 Å². The summed E-state index contributed by atoms with van der Waals surface area (Å²) in [6.07, 6.45) is 0. The highest BCUT2D eigenvalue weighted by molar-refractivity contribution is 6.04. The lowest BCUT2D eigenvalue weighted by Gasteiger charge is -2.36. The molecule has 0 unspecified atom stereocenters. The average Bonchev–Trinajstić information content (AvgIpc) is 2.80. The number of carbonyl (C=O) groups excluding carboxylic acids is 1. The topological polar surface area (TPSA) is 94.3 Å². The van der Waals surface area contributed by atoms with E-state index >= 15 is 0 Å². The highest BCUT2D eigenvalue weighted by Crippen LogP contribution is 2.23. The van der Waals surface area contributed by atoms with E-state index in [0.29, 0.717) is 42.6 Å². The maximum absolute atomic E-state index is 13.9. The summed E-state index contributed by atoms with van der Waals surface area (Å²) in [4.78, 5) is 29.2. The Morgan fingerprint density at radius 3 is 2.52 bits per heavy atom. The summed E-state index contributed by atoms with van der Waals surface area (Å²) in [7, 11) is 1.52. The number of amides is 1. The van der Waals surface area contributed by atoms with E-state index in [4.69, 9.17) is 0 Å². The molecule has 1 aromatic heterocycles. The molecular formula is C22H21FN6O2. The van der Waals surface area contributed by atoms with Crippen LogP contribution in [0.25, 0.3) is 10.8 Å². The maximum atomic E-state index is 13.9. The summed E-state index contributed by atoms with van der Waals surface area (Å²) in [6.45, 7) is 2.57. The average molecular weight is 420 g/mol. The van der Waals surface area contributed by atoms with Crippen molar-refractivity contribution in [3.63, 3.8) is 0 Å². The summed E-state index contributed by atoms with van der Waals surface area (Å²) in [5, 5.41) is 17.1. The van der Waals surface area contributed by atoms with E-state index in [9.17, 15) is 19.2 Å². The lowest BCUT2D eigenvalue weighted by atomic mass is 10.1. The van der Waals surface area contributed by atoms with Crippen molar-refractivity contribution in [1.29, 1.82) is 5.26 Å². The molecular weight excluding hydrogens is 399 g/mol. The number of benzene rings is 2. The molecule has 0 aliphatic carbocycles. The quantitative estimate of drug-likeness (QED) is 0.688. The van der Waals surface area contributed by atoms with Crippen LogP contribution in [0.4, 0.5) is 10.1 Å². The molecule has 1 fully saturated rings. The second kappa shape index (κ2) is 8.53. The molecule has 1 amide bonds. The lowest BCUT2D eigenvalue weighted by Crippen LogP contribution is -2.48. The van der Waals surface area contributed by atoms with Crippen molar-refractivity contribution in [3.8, 4) is 6.07 Å². The Morgan fingerprint density at radius 1 is 1.13 bits per heavy atom. The van der Waals surface area contributed by atoms with Crippen molar-refractivity contribution in [2.75, 3.05) is 38.1 Å². The number of nitrogens with zero attached hydrogens (tertiary/aromatic N) is 5. The molecule has 3 aromatic rings. The summed E-state index contributed by atoms with van der Waals surface area (Å²) >= 11 is 0. The third-order valence-electron chi connectivity index (χ3n) is 5.46. The zero-order valence-electron chi connectivity index (χ0n) is 17.0. The van der Waals surface area contributed by atoms with Gasteiger partial charge in [-0.2, -0.15) is 10.4 Å². The zero-order valence-corrected chi connectivity index (χ0v) is 17.0. The van der Waals surface area contributed by atoms with Gasteiger partial charge in [-0.1, -0.05) is 24.3 Å². The number of anilines is 1. The van der Waals surface area contributed by atoms with Gasteiger partial charge >= 0.3 is 0 Å². The van der Waals surface area contributed by atoms with Gasteiger partial charge in [-0.15, -0.1) is 0 Å². The SMILES string of the molecule is CNC(=O)c1nn(CN2CCN(c3cccc(F)c3C#N)CC2)c(=O)c2ccccc12. The van der Waals surface area contributed by atoms with E-state index in [0.717, 1.165) is 0 Å². The standard InChI is InChI=1S/C22H21FN6O2/c1-25-21(30)20-15-5-2-3-6-16(15)22(31)29(26-20)14-27-9-11-28(12-10-27)19-8-4-7-18(23)17(19)13-24/h2-8H,9-12,14H2,1H3,(H,25,30). The first-order chi connectivity index (χ1) is 15.0. The Labute approximate surface area is 178 Å². The molecule has 1 aliphatic rings. The third kappa shape index (κ3) is 3.85. The van der Waals surface area contributed by atoms with Gasteiger partial charge in [-0.05, 0) is 18.2 Å². The van der Waals surface area contributed by atoms with Crippen molar-refractivity contribution >= 4 is 22.4 Å². The van der Waals surface area contributed by atoms with Gasteiger partial charge in [0.05, 0.1) is 17.7 Å². The molecule has 8 nitrogen and oxygen atoms in total. The molecule has 1 aliphatic heterocycles. The number of halogens is 1. The van der Waals surface area contributed by atoms with Gasteiger partial charge in [-0.3, -0.25) is 14.5 Å². The molecule has 1 saturated heterocycles. The van der Waals surface area contributed by atoms with E-state index in [1.807, 2.05) is 15.9 Å². The Bertz CT molecular complexity index is 1240. The Balaban J connectivity index is 1.56. The first-order valence-electron chi connectivity index (χ1n) is 9.91. The second-order valence-electron chi connectivity index (χ2n) is 7.27. The van der Waals surface area contributed by atoms with Gasteiger partial charge in [-0.25, -0.2) is 9.07 Å². The molecule has 2 heterocycles. The molecule has 9 heteroatoms. The van der Waals surface area contributed by atoms with Crippen molar-refractivity contribution in [3.05, 3.63) is 69.9 Å². The van der Waals surface area contributed by atoms with Crippen LogP contribution in [0, 0.1) is 17.1 Å². The molecule has 0 radical (unpaired) electrons. The number of carbonyl (C=O) groups is 1. The van der Waals surface area contributed by atoms with Gasteiger partial charge in [0, 0.05) is 38.6 Å². The fourth-order valence-electron chi connectivity index (χ4n) is 3.82. The highest BCUT2D eigenvalue weighted by atomic mass is 19.1. The Hall–Kier alpha value is -3.77. The van der Waals surface area contributed by atoms with Crippen molar-refractivity contribution < 1.29 is 9.18 Å². The van der Waals surface area contributed by atoms with E-state index in [1.54, 1.807) is 36.4 Å². The van der Waals surface area contributed by atoms with E-state index in [2.05, 4.69) is 10.4 Å². The van der Waals surface area contributed by atoms with Gasteiger partial charge in [0.2, 0.25) is 0 Å². The van der Waals surface area contributed by atoms with Crippen LogP contribution in [0.2, 0.25) is 0 Å². The minimum absolute atomic E-state index is 0.0404. The number of aromatic nitrogens is 2. The zero-order chi connectivity index (χ0) is 22.0. The fraction of sp³-hybridized carbons (Fsp3) is 0.273. The minimum atomic E-state index is -0.531. The van der Waals surface area contributed by atoms with Gasteiger partial charge in [0.15, 0.2) is 5.69 Å². The van der Waals surface area contributed by atoms with E-state index < -0.39 is 5.82 Å². The van der Waals surface area contributed by atoms with Crippen LogP contribution in [-0.4, -0.2) is 53.8 Å². The normalized spacial score (nSPS) is 14.4. The number of nitrogens with one attached hydrogen (secondary N) is 1. The van der Waals surface area contributed by atoms with Crippen molar-refractivity contribution in [2.24, 2.45) is 0 Å². The molecule has 31 heavy (non-hydrogen) atoms. The monoisotopic (exact) mass is 420 g/mol. The molecule has 2 aromatic carbocycles. The predicted octanol–water partition coefficient (Wildman–Crippen LogP) is 1.55. The molecule has 1 N–H and O–H groups in total. The largest absolute Gasteiger partial charge is 0.368 e. The Kier molecular flexibility index (Phi) is 5.64. The minimum Gasteiger partial charge on any atom is -0.368 e. The third-order valence-corrected chi connectivity index (χ3v) is 5.46. The number of hydrogen-bond acceptors (Lipinski definition) is 6. The smallest absolute Gasteiger partial charge is 0.275 e. The number of nitriles is 1. The van der Waals surface area contributed by atoms with Gasteiger partial charge < -0.3 is 10.2 Å². The van der Waals surface area contributed by atoms with Gasteiger partial charge in [0.1, 0.15) is 17.4 Å². The number of rotatable bonds is 4. The van der Waals surface area contributed by atoms with E-state index in [-0.39, 0.29) is 29.4 Å². The first kappa shape index (κ1) is 20.5. The molecule has 0 bridgehead atoms. The highest BCUT2D eigenvalue weighted by Gasteiger charge is 2.22. The molecule has 158 valence electrons. The first-order valence-corrected chi connectivity index (χ1v) is 9.91. The fourth-order valence-corrected chi connectivity index (χ4v) is 3.82. The molecule has 0 spiro atoms. The summed E-state index contributed by atoms with van der Waals surface area (Å²) in [6, 6.07) is 13.5. The predicted molar refractivity (Wildman–Crippen MR) is 114 cm³/mol. The lowest BCUT2D eigenvalue weighted by molar-refractivity contribution is 0.0955. The van der Waals surface area contributed by atoms with Crippen LogP contribution in [-0.2, 0) is 6.67 Å². The maximum Gasteiger partial charge on any atom is 0.275 e. The van der Waals surface area contributed by atoms with E-state index in [1.165, 1.54) is 17.8 Å². The summed E-state index contributed by atoms with van der Waals surface area (Å²) in [5.74, 6) is -0.888. The molecule has 4 rings (SSSR count). The summed E-state index contributed by atoms with van der Waals surface area (Å²) < 4.78 is 15.2. The van der Waals surface area contributed by atoms with Crippen LogP contribution in [0.5, 0.6) is 0 Å². The molecule has 0 saturated carbocycles. The van der Waals surface area contributed by atoms with Crippen molar-refractivity contribution in [1.82, 2.24) is 20.0 Å². The molecule has 0 atom stereocenters. The van der Waals surface area contributed by atoms with Crippen LogP contribution < -0.4 is 15.8 Å². The van der Waals surface area contributed by atoms with Crippen LogP contribution in [0.3, 0.4) is 0 Å². The second-order valence-corrected chi connectivity index (χ2v) is 7.27. The van der Waals surface area contributed by atoms with Crippen LogP contribution in [0.15, 0.2) is 47.3 Å².